The molecule has 2 heterocycles. The van der Waals surface area contributed by atoms with Crippen LogP contribution in [-0.4, -0.2) is 16.2 Å². The lowest BCUT2D eigenvalue weighted by Crippen LogP contribution is -2.27. The van der Waals surface area contributed by atoms with Crippen LogP contribution >= 0.6 is 11.6 Å². The van der Waals surface area contributed by atoms with Crippen LogP contribution in [0.4, 0.5) is 5.95 Å². The van der Waals surface area contributed by atoms with Crippen LogP contribution in [0.3, 0.4) is 0 Å². The number of ether oxygens (including phenoxy) is 1. The SMILES string of the molecule is CCOc1ccccc1[C@H]1C[C@@H](c2ccc(Cl)cc2)Nc2nc3ccccc3n21. The first-order chi connectivity index (χ1) is 14.2. The molecule has 0 saturated heterocycles. The van der Waals surface area contributed by atoms with Crippen molar-refractivity contribution in [2.45, 2.75) is 25.4 Å². The number of rotatable bonds is 4. The van der Waals surface area contributed by atoms with Gasteiger partial charge in [-0.1, -0.05) is 54.1 Å². The quantitative estimate of drug-likeness (QED) is 0.438. The standard InChI is InChI=1S/C24H22ClN3O/c1-2-29-23-10-6-3-7-18(23)22-15-20(16-11-13-17(25)14-12-16)27-24-26-19-8-4-5-9-21(19)28(22)24/h3-14,20,22H,2,15H2,1H3,(H,26,27)/t20-,22+/m0/s1. The van der Waals surface area contributed by atoms with Gasteiger partial charge in [0.25, 0.3) is 0 Å². The summed E-state index contributed by atoms with van der Waals surface area (Å²) in [5.74, 6) is 1.81. The summed E-state index contributed by atoms with van der Waals surface area (Å²) in [5, 5.41) is 4.39. The third-order valence-electron chi connectivity index (χ3n) is 5.52. The summed E-state index contributed by atoms with van der Waals surface area (Å²) in [4.78, 5) is 4.88. The zero-order valence-electron chi connectivity index (χ0n) is 16.2. The summed E-state index contributed by atoms with van der Waals surface area (Å²) in [5.41, 5.74) is 4.50. The lowest BCUT2D eigenvalue weighted by Gasteiger charge is -2.34. The van der Waals surface area contributed by atoms with Gasteiger partial charge in [-0.3, -0.25) is 0 Å². The zero-order chi connectivity index (χ0) is 19.8. The Bertz CT molecular complexity index is 1150. The highest BCUT2D eigenvalue weighted by molar-refractivity contribution is 6.30. The molecule has 1 aromatic heterocycles. The largest absolute Gasteiger partial charge is 0.494 e. The molecular formula is C24H22ClN3O. The number of fused-ring (bicyclic) bond motifs is 3. The summed E-state index contributed by atoms with van der Waals surface area (Å²) in [7, 11) is 0. The molecule has 0 fully saturated rings. The van der Waals surface area contributed by atoms with Crippen molar-refractivity contribution in [1.82, 2.24) is 9.55 Å². The Balaban J connectivity index is 1.67. The van der Waals surface area contributed by atoms with Gasteiger partial charge in [-0.05, 0) is 49.2 Å². The van der Waals surface area contributed by atoms with E-state index >= 15 is 0 Å². The van der Waals surface area contributed by atoms with E-state index in [1.807, 2.05) is 31.2 Å². The number of nitrogens with one attached hydrogen (secondary N) is 1. The van der Waals surface area contributed by atoms with Crippen LogP contribution in [0.15, 0.2) is 72.8 Å². The minimum atomic E-state index is 0.113. The maximum Gasteiger partial charge on any atom is 0.204 e. The molecule has 0 unspecified atom stereocenters. The number of hydrogen-bond acceptors (Lipinski definition) is 3. The van der Waals surface area contributed by atoms with Gasteiger partial charge in [0.1, 0.15) is 5.75 Å². The molecule has 0 bridgehead atoms. The molecule has 1 aliphatic rings. The predicted octanol–water partition coefficient (Wildman–Crippen LogP) is 6.23. The first kappa shape index (κ1) is 18.1. The van der Waals surface area contributed by atoms with Crippen molar-refractivity contribution in [3.63, 3.8) is 0 Å². The average Bonchev–Trinajstić information content (AvgIpc) is 3.13. The third-order valence-corrected chi connectivity index (χ3v) is 5.77. The Labute approximate surface area is 175 Å². The van der Waals surface area contributed by atoms with Gasteiger partial charge >= 0.3 is 0 Å². The molecule has 0 spiro atoms. The summed E-state index contributed by atoms with van der Waals surface area (Å²) < 4.78 is 8.28. The fourth-order valence-corrected chi connectivity index (χ4v) is 4.35. The molecule has 29 heavy (non-hydrogen) atoms. The maximum atomic E-state index is 6.11. The van der Waals surface area contributed by atoms with E-state index < -0.39 is 0 Å². The molecule has 1 N–H and O–H groups in total. The molecule has 0 radical (unpaired) electrons. The van der Waals surface area contributed by atoms with Gasteiger partial charge < -0.3 is 14.6 Å². The third kappa shape index (κ3) is 3.23. The van der Waals surface area contributed by atoms with Gasteiger partial charge in [0, 0.05) is 10.6 Å². The van der Waals surface area contributed by atoms with E-state index in [1.54, 1.807) is 0 Å². The molecule has 3 aromatic carbocycles. The fraction of sp³-hybridized carbons (Fsp3) is 0.208. The van der Waals surface area contributed by atoms with E-state index in [-0.39, 0.29) is 12.1 Å². The molecule has 0 saturated carbocycles. The molecule has 0 aliphatic carbocycles. The fourth-order valence-electron chi connectivity index (χ4n) is 4.23. The minimum Gasteiger partial charge on any atom is -0.494 e. The Morgan fingerprint density at radius 2 is 1.79 bits per heavy atom. The minimum absolute atomic E-state index is 0.113. The van der Waals surface area contributed by atoms with Gasteiger partial charge in [-0.25, -0.2) is 4.98 Å². The summed E-state index contributed by atoms with van der Waals surface area (Å²) in [6.07, 6.45) is 0.888. The first-order valence-corrected chi connectivity index (χ1v) is 10.3. The molecule has 146 valence electrons. The molecule has 2 atom stereocenters. The van der Waals surface area contributed by atoms with Gasteiger partial charge in [0.15, 0.2) is 0 Å². The predicted molar refractivity (Wildman–Crippen MR) is 118 cm³/mol. The highest BCUT2D eigenvalue weighted by Crippen LogP contribution is 2.43. The van der Waals surface area contributed by atoms with Crippen molar-refractivity contribution < 1.29 is 4.74 Å². The monoisotopic (exact) mass is 403 g/mol. The number of nitrogens with zero attached hydrogens (tertiary/aromatic N) is 2. The number of imidazole rings is 1. The maximum absolute atomic E-state index is 6.11. The van der Waals surface area contributed by atoms with E-state index in [4.69, 9.17) is 21.3 Å². The lowest BCUT2D eigenvalue weighted by molar-refractivity contribution is 0.329. The van der Waals surface area contributed by atoms with E-state index in [0.717, 1.165) is 34.2 Å². The smallest absolute Gasteiger partial charge is 0.204 e. The average molecular weight is 404 g/mol. The van der Waals surface area contributed by atoms with Crippen LogP contribution in [0.5, 0.6) is 5.75 Å². The first-order valence-electron chi connectivity index (χ1n) is 9.95. The summed E-state index contributed by atoms with van der Waals surface area (Å²) >= 11 is 6.11. The van der Waals surface area contributed by atoms with Crippen LogP contribution in [-0.2, 0) is 0 Å². The van der Waals surface area contributed by atoms with Crippen LogP contribution in [0.2, 0.25) is 5.02 Å². The molecule has 4 nitrogen and oxygen atoms in total. The summed E-state index contributed by atoms with van der Waals surface area (Å²) in [6, 6.07) is 24.9. The Morgan fingerprint density at radius 3 is 2.62 bits per heavy atom. The zero-order valence-corrected chi connectivity index (χ0v) is 16.9. The molecule has 5 rings (SSSR count). The Kier molecular flexibility index (Phi) is 4.64. The Morgan fingerprint density at radius 1 is 1.03 bits per heavy atom. The van der Waals surface area contributed by atoms with Crippen molar-refractivity contribution in [2.24, 2.45) is 0 Å². The number of para-hydroxylation sites is 3. The normalized spacial score (nSPS) is 18.3. The van der Waals surface area contributed by atoms with E-state index in [1.165, 1.54) is 11.1 Å². The van der Waals surface area contributed by atoms with Gasteiger partial charge in [-0.2, -0.15) is 0 Å². The second-order valence-corrected chi connectivity index (χ2v) is 7.70. The number of anilines is 1. The van der Waals surface area contributed by atoms with Crippen molar-refractivity contribution >= 4 is 28.6 Å². The molecule has 0 amide bonds. The number of hydrogen-bond donors (Lipinski definition) is 1. The molecule has 1 aliphatic heterocycles. The molecule has 5 heteroatoms. The van der Waals surface area contributed by atoms with Crippen LogP contribution in [0.25, 0.3) is 11.0 Å². The van der Waals surface area contributed by atoms with Gasteiger partial charge in [0.2, 0.25) is 5.95 Å². The highest BCUT2D eigenvalue weighted by Gasteiger charge is 2.32. The number of aromatic nitrogens is 2. The second-order valence-electron chi connectivity index (χ2n) is 7.26. The number of halogens is 1. The van der Waals surface area contributed by atoms with Crippen molar-refractivity contribution in [2.75, 3.05) is 11.9 Å². The van der Waals surface area contributed by atoms with Gasteiger partial charge in [0.05, 0.1) is 29.7 Å². The van der Waals surface area contributed by atoms with Crippen molar-refractivity contribution in [3.05, 3.63) is 88.9 Å². The summed E-state index contributed by atoms with van der Waals surface area (Å²) in [6.45, 7) is 2.66. The van der Waals surface area contributed by atoms with Crippen LogP contribution in [0.1, 0.15) is 36.6 Å². The highest BCUT2D eigenvalue weighted by atomic mass is 35.5. The number of benzene rings is 3. The lowest BCUT2D eigenvalue weighted by atomic mass is 9.92. The Hall–Kier alpha value is -2.98. The molecular weight excluding hydrogens is 382 g/mol. The van der Waals surface area contributed by atoms with Crippen molar-refractivity contribution in [1.29, 1.82) is 0 Å². The van der Waals surface area contributed by atoms with E-state index in [9.17, 15) is 0 Å². The van der Waals surface area contributed by atoms with E-state index in [0.29, 0.717) is 6.61 Å². The topological polar surface area (TPSA) is 39.1 Å². The molecule has 4 aromatic rings. The van der Waals surface area contributed by atoms with Crippen LogP contribution in [0, 0.1) is 0 Å². The van der Waals surface area contributed by atoms with Crippen molar-refractivity contribution in [3.8, 4) is 5.75 Å². The van der Waals surface area contributed by atoms with Crippen LogP contribution < -0.4 is 10.1 Å². The van der Waals surface area contributed by atoms with E-state index in [2.05, 4.69) is 58.4 Å². The van der Waals surface area contributed by atoms with Gasteiger partial charge in [-0.15, -0.1) is 0 Å². The second kappa shape index (κ2) is 7.45.